The summed E-state index contributed by atoms with van der Waals surface area (Å²) in [5.74, 6) is 1.48. The Morgan fingerprint density at radius 1 is 1.47 bits per heavy atom. The van der Waals surface area contributed by atoms with Crippen molar-refractivity contribution in [3.8, 4) is 11.3 Å². The van der Waals surface area contributed by atoms with Crippen LogP contribution in [0.1, 0.15) is 12.3 Å². The lowest BCUT2D eigenvalue weighted by molar-refractivity contribution is 0.289. The summed E-state index contributed by atoms with van der Waals surface area (Å²) in [5, 5.41) is 0.695. The maximum absolute atomic E-state index is 5.97. The monoisotopic (exact) mass is 277 g/mol. The molecule has 2 aromatic rings. The molecule has 1 aromatic carbocycles. The van der Waals surface area contributed by atoms with E-state index in [4.69, 9.17) is 21.8 Å². The van der Waals surface area contributed by atoms with E-state index in [2.05, 4.69) is 9.88 Å². The summed E-state index contributed by atoms with van der Waals surface area (Å²) in [7, 11) is 0. The van der Waals surface area contributed by atoms with E-state index in [0.717, 1.165) is 36.7 Å². The fraction of sp³-hybridized carbons (Fsp3) is 0.357. The molecule has 0 bridgehead atoms. The lowest BCUT2D eigenvalue weighted by Gasteiger charge is -2.11. The van der Waals surface area contributed by atoms with Crippen LogP contribution < -0.4 is 5.73 Å². The van der Waals surface area contributed by atoms with Gasteiger partial charge in [-0.2, -0.15) is 0 Å². The van der Waals surface area contributed by atoms with Gasteiger partial charge in [-0.25, -0.2) is 4.98 Å². The van der Waals surface area contributed by atoms with Crippen LogP contribution in [0.25, 0.3) is 11.3 Å². The predicted octanol–water partition coefficient (Wildman–Crippen LogP) is 2.53. The molecule has 0 saturated carbocycles. The van der Waals surface area contributed by atoms with Crippen molar-refractivity contribution in [2.45, 2.75) is 19.0 Å². The molecule has 1 unspecified atom stereocenters. The first-order chi connectivity index (χ1) is 9.20. The molecule has 1 aromatic heterocycles. The molecule has 4 nitrogen and oxygen atoms in total. The van der Waals surface area contributed by atoms with Crippen LogP contribution in [0.2, 0.25) is 5.02 Å². The van der Waals surface area contributed by atoms with Gasteiger partial charge in [-0.15, -0.1) is 0 Å². The largest absolute Gasteiger partial charge is 0.439 e. The highest BCUT2D eigenvalue weighted by molar-refractivity contribution is 6.30. The molecule has 5 heteroatoms. The van der Waals surface area contributed by atoms with Crippen LogP contribution in [-0.2, 0) is 6.54 Å². The van der Waals surface area contributed by atoms with E-state index < -0.39 is 0 Å². The SMILES string of the molecule is NC1CCN(Cc2ncc(-c3cccc(Cl)c3)o2)C1. The molecular formula is C14H16ClN3O. The van der Waals surface area contributed by atoms with Gasteiger partial charge in [0.05, 0.1) is 12.7 Å². The minimum absolute atomic E-state index is 0.280. The van der Waals surface area contributed by atoms with Gasteiger partial charge in [0, 0.05) is 29.7 Å². The first-order valence-corrected chi connectivity index (χ1v) is 6.77. The second-order valence-corrected chi connectivity index (χ2v) is 5.35. The van der Waals surface area contributed by atoms with E-state index in [0.29, 0.717) is 11.6 Å². The van der Waals surface area contributed by atoms with Crippen LogP contribution in [0.3, 0.4) is 0 Å². The Hall–Kier alpha value is -1.36. The van der Waals surface area contributed by atoms with E-state index in [1.54, 1.807) is 6.20 Å². The minimum Gasteiger partial charge on any atom is -0.439 e. The third kappa shape index (κ3) is 2.97. The van der Waals surface area contributed by atoms with Gasteiger partial charge in [0.15, 0.2) is 5.76 Å². The van der Waals surface area contributed by atoms with Crippen molar-refractivity contribution in [2.75, 3.05) is 13.1 Å². The van der Waals surface area contributed by atoms with Gasteiger partial charge >= 0.3 is 0 Å². The smallest absolute Gasteiger partial charge is 0.209 e. The van der Waals surface area contributed by atoms with Gasteiger partial charge < -0.3 is 10.2 Å². The first kappa shape index (κ1) is 12.7. The molecule has 1 atom stereocenters. The summed E-state index contributed by atoms with van der Waals surface area (Å²) in [5.41, 5.74) is 6.83. The zero-order valence-corrected chi connectivity index (χ0v) is 11.3. The third-order valence-corrected chi connectivity index (χ3v) is 3.57. The normalized spacial score (nSPS) is 20.0. The highest BCUT2D eigenvalue weighted by Gasteiger charge is 2.20. The predicted molar refractivity (Wildman–Crippen MR) is 74.8 cm³/mol. The van der Waals surface area contributed by atoms with Gasteiger partial charge in [-0.1, -0.05) is 23.7 Å². The molecule has 2 heterocycles. The van der Waals surface area contributed by atoms with Gasteiger partial charge in [-0.3, -0.25) is 4.90 Å². The van der Waals surface area contributed by atoms with Crippen LogP contribution in [0, 0.1) is 0 Å². The van der Waals surface area contributed by atoms with Gasteiger partial charge in [0.25, 0.3) is 0 Å². The van der Waals surface area contributed by atoms with Crippen LogP contribution in [-0.4, -0.2) is 29.0 Å². The number of hydrogen-bond acceptors (Lipinski definition) is 4. The van der Waals surface area contributed by atoms with E-state index >= 15 is 0 Å². The summed E-state index contributed by atoms with van der Waals surface area (Å²) in [6.07, 6.45) is 2.79. The molecule has 2 N–H and O–H groups in total. The first-order valence-electron chi connectivity index (χ1n) is 6.39. The zero-order chi connectivity index (χ0) is 13.2. The Morgan fingerprint density at radius 2 is 2.37 bits per heavy atom. The maximum Gasteiger partial charge on any atom is 0.209 e. The second-order valence-electron chi connectivity index (χ2n) is 4.91. The van der Waals surface area contributed by atoms with Gasteiger partial charge in [0.1, 0.15) is 0 Å². The van der Waals surface area contributed by atoms with E-state index in [1.807, 2.05) is 24.3 Å². The summed E-state index contributed by atoms with van der Waals surface area (Å²) in [4.78, 5) is 6.58. The van der Waals surface area contributed by atoms with Crippen molar-refractivity contribution in [2.24, 2.45) is 5.73 Å². The fourth-order valence-electron chi connectivity index (χ4n) is 2.36. The van der Waals surface area contributed by atoms with E-state index in [-0.39, 0.29) is 6.04 Å². The number of benzene rings is 1. The van der Waals surface area contributed by atoms with Crippen LogP contribution in [0.15, 0.2) is 34.9 Å². The second kappa shape index (κ2) is 5.33. The molecule has 1 fully saturated rings. The van der Waals surface area contributed by atoms with Crippen molar-refractivity contribution < 1.29 is 4.42 Å². The topological polar surface area (TPSA) is 55.3 Å². The number of aromatic nitrogens is 1. The highest BCUT2D eigenvalue weighted by Crippen LogP contribution is 2.24. The molecule has 0 amide bonds. The molecule has 3 rings (SSSR count). The van der Waals surface area contributed by atoms with Crippen LogP contribution in [0.4, 0.5) is 0 Å². The average molecular weight is 278 g/mol. The number of nitrogens with two attached hydrogens (primary N) is 1. The van der Waals surface area contributed by atoms with Gasteiger partial charge in [-0.05, 0) is 18.6 Å². The summed E-state index contributed by atoms with van der Waals surface area (Å²) in [6, 6.07) is 7.86. The van der Waals surface area contributed by atoms with E-state index in [1.165, 1.54) is 0 Å². The Bertz CT molecular complexity index is 569. The molecule has 19 heavy (non-hydrogen) atoms. The number of nitrogens with zero attached hydrogens (tertiary/aromatic N) is 2. The number of hydrogen-bond donors (Lipinski definition) is 1. The Kier molecular flexibility index (Phi) is 3.55. The molecule has 1 aliphatic rings. The molecule has 0 aliphatic carbocycles. The minimum atomic E-state index is 0.280. The lowest BCUT2D eigenvalue weighted by atomic mass is 10.2. The number of oxazole rings is 1. The maximum atomic E-state index is 5.97. The standard InChI is InChI=1S/C14H16ClN3O/c15-11-3-1-2-10(6-11)13-7-17-14(19-13)9-18-5-4-12(16)8-18/h1-3,6-7,12H,4-5,8-9,16H2. The average Bonchev–Trinajstić information content (AvgIpc) is 2.99. The molecular weight excluding hydrogens is 262 g/mol. The lowest BCUT2D eigenvalue weighted by Crippen LogP contribution is -2.26. The molecule has 0 radical (unpaired) electrons. The Labute approximate surface area is 117 Å². The molecule has 0 spiro atoms. The van der Waals surface area contributed by atoms with Gasteiger partial charge in [0.2, 0.25) is 5.89 Å². The van der Waals surface area contributed by atoms with Crippen LogP contribution in [0.5, 0.6) is 0 Å². The molecule has 100 valence electrons. The van der Waals surface area contributed by atoms with E-state index in [9.17, 15) is 0 Å². The number of halogens is 1. The quantitative estimate of drug-likeness (QED) is 0.937. The third-order valence-electron chi connectivity index (χ3n) is 3.33. The van der Waals surface area contributed by atoms with Crippen LogP contribution >= 0.6 is 11.6 Å². The summed E-state index contributed by atoms with van der Waals surface area (Å²) in [6.45, 7) is 2.64. The number of rotatable bonds is 3. The molecule has 1 saturated heterocycles. The zero-order valence-electron chi connectivity index (χ0n) is 10.6. The van der Waals surface area contributed by atoms with Crippen molar-refractivity contribution >= 4 is 11.6 Å². The van der Waals surface area contributed by atoms with Crippen molar-refractivity contribution in [3.05, 3.63) is 41.4 Å². The van der Waals surface area contributed by atoms with Crippen molar-refractivity contribution in [3.63, 3.8) is 0 Å². The molecule has 1 aliphatic heterocycles. The number of likely N-dealkylation sites (tertiary alicyclic amines) is 1. The Balaban J connectivity index is 1.73. The highest BCUT2D eigenvalue weighted by atomic mass is 35.5. The van der Waals surface area contributed by atoms with Crippen molar-refractivity contribution in [1.82, 2.24) is 9.88 Å². The fourth-order valence-corrected chi connectivity index (χ4v) is 2.55. The summed E-state index contributed by atoms with van der Waals surface area (Å²) < 4.78 is 5.77. The van der Waals surface area contributed by atoms with Crippen molar-refractivity contribution in [1.29, 1.82) is 0 Å². The summed E-state index contributed by atoms with van der Waals surface area (Å²) >= 11 is 5.97. The Morgan fingerprint density at radius 3 is 3.11 bits per heavy atom.